The molecule has 0 aliphatic carbocycles. The highest BCUT2D eigenvalue weighted by Gasteiger charge is 2.00. The van der Waals surface area contributed by atoms with Crippen LogP contribution in [0.3, 0.4) is 0 Å². The van der Waals surface area contributed by atoms with Crippen LogP contribution in [0.25, 0.3) is 0 Å². The number of hydrogen-bond donors (Lipinski definition) is 0. The quantitative estimate of drug-likeness (QED) is 0.258. The Morgan fingerprint density at radius 1 is 1.37 bits per heavy atom. The van der Waals surface area contributed by atoms with E-state index in [9.17, 15) is 4.79 Å². The zero-order valence-corrected chi connectivity index (χ0v) is 12.9. The van der Waals surface area contributed by atoms with E-state index < -0.39 is 0 Å². The Morgan fingerprint density at radius 3 is 2.63 bits per heavy atom. The lowest BCUT2D eigenvalue weighted by molar-refractivity contribution is -0.137. The molecule has 0 rings (SSSR count). The van der Waals surface area contributed by atoms with Crippen molar-refractivity contribution in [3.05, 3.63) is 36.0 Å². The summed E-state index contributed by atoms with van der Waals surface area (Å²) >= 11 is 0. The Kier molecular flexibility index (Phi) is 9.87. The second-order valence-corrected chi connectivity index (χ2v) is 5.23. The highest BCUT2D eigenvalue weighted by Crippen LogP contribution is 2.15. The van der Waals surface area contributed by atoms with Crippen molar-refractivity contribution >= 4 is 5.97 Å². The molecule has 0 N–H and O–H groups in total. The summed E-state index contributed by atoms with van der Waals surface area (Å²) in [6.07, 6.45) is 10.3. The summed E-state index contributed by atoms with van der Waals surface area (Å²) in [5, 5.41) is 0. The SMILES string of the molecule is C=C(C)CCCC(C)C/C=C/C(C)=C/C(=O)OCC. The lowest BCUT2D eigenvalue weighted by Crippen LogP contribution is -1.99. The predicted octanol–water partition coefficient (Wildman–Crippen LogP) is 4.82. The molecule has 0 bridgehead atoms. The van der Waals surface area contributed by atoms with E-state index in [-0.39, 0.29) is 5.97 Å². The van der Waals surface area contributed by atoms with Gasteiger partial charge in [-0.25, -0.2) is 4.79 Å². The molecule has 0 aromatic carbocycles. The number of allylic oxidation sites excluding steroid dienone is 4. The molecule has 0 saturated carbocycles. The fourth-order valence-electron chi connectivity index (χ4n) is 1.77. The van der Waals surface area contributed by atoms with Crippen LogP contribution in [0.1, 0.15) is 53.4 Å². The van der Waals surface area contributed by atoms with Crippen LogP contribution in [-0.2, 0) is 9.53 Å². The van der Waals surface area contributed by atoms with E-state index in [0.717, 1.165) is 18.4 Å². The van der Waals surface area contributed by atoms with Gasteiger partial charge in [-0.1, -0.05) is 31.1 Å². The van der Waals surface area contributed by atoms with E-state index in [2.05, 4.69) is 26.5 Å². The van der Waals surface area contributed by atoms with Gasteiger partial charge in [-0.2, -0.15) is 0 Å². The van der Waals surface area contributed by atoms with Gasteiger partial charge in [-0.05, 0) is 51.5 Å². The molecule has 19 heavy (non-hydrogen) atoms. The molecule has 0 heterocycles. The second-order valence-electron chi connectivity index (χ2n) is 5.23. The maximum absolute atomic E-state index is 11.2. The number of esters is 1. The predicted molar refractivity (Wildman–Crippen MR) is 82.0 cm³/mol. The number of carbonyl (C=O) groups is 1. The van der Waals surface area contributed by atoms with Crippen molar-refractivity contribution in [3.8, 4) is 0 Å². The van der Waals surface area contributed by atoms with Crippen LogP contribution >= 0.6 is 0 Å². The molecule has 0 amide bonds. The molecule has 0 aliphatic heterocycles. The minimum atomic E-state index is -0.265. The maximum atomic E-state index is 11.2. The molecule has 108 valence electrons. The van der Waals surface area contributed by atoms with Crippen molar-refractivity contribution in [2.45, 2.75) is 53.4 Å². The monoisotopic (exact) mass is 264 g/mol. The summed E-state index contributed by atoms with van der Waals surface area (Å²) in [5.74, 6) is 0.408. The number of ether oxygens (including phenoxy) is 1. The fraction of sp³-hybridized carbons (Fsp3) is 0.588. The molecule has 2 nitrogen and oxygen atoms in total. The maximum Gasteiger partial charge on any atom is 0.330 e. The third kappa shape index (κ3) is 11.5. The van der Waals surface area contributed by atoms with Gasteiger partial charge in [-0.3, -0.25) is 0 Å². The highest BCUT2D eigenvalue weighted by atomic mass is 16.5. The lowest BCUT2D eigenvalue weighted by Gasteiger charge is -2.08. The topological polar surface area (TPSA) is 26.3 Å². The first-order chi connectivity index (χ1) is 8.95. The molecule has 1 unspecified atom stereocenters. The Labute approximate surface area is 118 Å². The van der Waals surface area contributed by atoms with Crippen molar-refractivity contribution in [2.75, 3.05) is 6.61 Å². The Balaban J connectivity index is 3.93. The molecular weight excluding hydrogens is 236 g/mol. The molecular formula is C17H28O2. The third-order valence-corrected chi connectivity index (χ3v) is 2.85. The van der Waals surface area contributed by atoms with E-state index >= 15 is 0 Å². The van der Waals surface area contributed by atoms with Gasteiger partial charge >= 0.3 is 5.97 Å². The van der Waals surface area contributed by atoms with Crippen LogP contribution in [0, 0.1) is 5.92 Å². The Hall–Kier alpha value is -1.31. The molecule has 0 spiro atoms. The Bertz CT molecular complexity index is 337. The van der Waals surface area contributed by atoms with Crippen molar-refractivity contribution in [1.82, 2.24) is 0 Å². The number of hydrogen-bond acceptors (Lipinski definition) is 2. The van der Waals surface area contributed by atoms with Crippen LogP contribution in [0.5, 0.6) is 0 Å². The molecule has 1 atom stereocenters. The number of carbonyl (C=O) groups excluding carboxylic acids is 1. The van der Waals surface area contributed by atoms with E-state index in [1.807, 2.05) is 19.9 Å². The summed E-state index contributed by atoms with van der Waals surface area (Å²) in [5.41, 5.74) is 2.20. The molecule has 0 fully saturated rings. The van der Waals surface area contributed by atoms with Crippen LogP contribution in [-0.4, -0.2) is 12.6 Å². The summed E-state index contributed by atoms with van der Waals surface area (Å²) in [7, 11) is 0. The van der Waals surface area contributed by atoms with Gasteiger partial charge < -0.3 is 4.74 Å². The van der Waals surface area contributed by atoms with E-state index in [1.54, 1.807) is 0 Å². The standard InChI is InChI=1S/C17H28O2/c1-6-19-17(18)13-16(5)12-8-11-15(4)10-7-9-14(2)3/h8,12-13,15H,2,6-7,9-11H2,1,3-5H3/b12-8+,16-13+. The smallest absolute Gasteiger partial charge is 0.330 e. The molecule has 0 aromatic heterocycles. The molecule has 0 radical (unpaired) electrons. The average molecular weight is 264 g/mol. The Morgan fingerprint density at radius 2 is 2.05 bits per heavy atom. The molecule has 2 heteroatoms. The van der Waals surface area contributed by atoms with Crippen LogP contribution in [0.4, 0.5) is 0 Å². The minimum absolute atomic E-state index is 0.265. The van der Waals surface area contributed by atoms with E-state index in [1.165, 1.54) is 24.5 Å². The van der Waals surface area contributed by atoms with Crippen LogP contribution in [0.15, 0.2) is 36.0 Å². The lowest BCUT2D eigenvalue weighted by atomic mass is 9.98. The summed E-state index contributed by atoms with van der Waals surface area (Å²) in [4.78, 5) is 11.2. The van der Waals surface area contributed by atoms with Crippen molar-refractivity contribution in [2.24, 2.45) is 5.92 Å². The van der Waals surface area contributed by atoms with Crippen LogP contribution in [0.2, 0.25) is 0 Å². The summed E-state index contributed by atoms with van der Waals surface area (Å²) < 4.78 is 4.86. The summed E-state index contributed by atoms with van der Waals surface area (Å²) in [6, 6.07) is 0. The normalized spacial score (nSPS) is 13.6. The van der Waals surface area contributed by atoms with E-state index in [0.29, 0.717) is 12.5 Å². The first kappa shape index (κ1) is 17.7. The van der Waals surface area contributed by atoms with Gasteiger partial charge in [0.1, 0.15) is 0 Å². The zero-order chi connectivity index (χ0) is 14.7. The minimum Gasteiger partial charge on any atom is -0.463 e. The van der Waals surface area contributed by atoms with Gasteiger partial charge in [0.15, 0.2) is 0 Å². The van der Waals surface area contributed by atoms with Crippen LogP contribution < -0.4 is 0 Å². The molecule has 0 aromatic rings. The van der Waals surface area contributed by atoms with E-state index in [4.69, 9.17) is 4.74 Å². The van der Waals surface area contributed by atoms with Crippen molar-refractivity contribution < 1.29 is 9.53 Å². The molecule has 0 saturated heterocycles. The highest BCUT2D eigenvalue weighted by molar-refractivity contribution is 5.83. The van der Waals surface area contributed by atoms with Gasteiger partial charge in [-0.15, -0.1) is 6.58 Å². The van der Waals surface area contributed by atoms with Gasteiger partial charge in [0.25, 0.3) is 0 Å². The largest absolute Gasteiger partial charge is 0.463 e. The van der Waals surface area contributed by atoms with Gasteiger partial charge in [0, 0.05) is 6.08 Å². The second kappa shape index (κ2) is 10.6. The fourth-order valence-corrected chi connectivity index (χ4v) is 1.77. The van der Waals surface area contributed by atoms with Crippen molar-refractivity contribution in [1.29, 1.82) is 0 Å². The van der Waals surface area contributed by atoms with Crippen molar-refractivity contribution in [3.63, 3.8) is 0 Å². The molecule has 0 aliphatic rings. The first-order valence-corrected chi connectivity index (χ1v) is 7.11. The third-order valence-electron chi connectivity index (χ3n) is 2.85. The van der Waals surface area contributed by atoms with Gasteiger partial charge in [0.05, 0.1) is 6.61 Å². The zero-order valence-electron chi connectivity index (χ0n) is 12.9. The van der Waals surface area contributed by atoms with Gasteiger partial charge in [0.2, 0.25) is 0 Å². The first-order valence-electron chi connectivity index (χ1n) is 7.11. The summed E-state index contributed by atoms with van der Waals surface area (Å²) in [6.45, 7) is 12.4. The average Bonchev–Trinajstić information content (AvgIpc) is 2.28. The number of rotatable bonds is 9.